The zero-order valence-corrected chi connectivity index (χ0v) is 20.5. The number of likely N-dealkylation sites (N-methyl/N-ethyl adjacent to an activating group) is 1. The van der Waals surface area contributed by atoms with Crippen molar-refractivity contribution >= 4 is 34.4 Å². The van der Waals surface area contributed by atoms with Gasteiger partial charge >= 0.3 is 0 Å². The molecule has 3 aromatic rings. The minimum atomic E-state index is -1.71. The number of aromatic amines is 1. The lowest BCUT2D eigenvalue weighted by Crippen LogP contribution is -2.37. The van der Waals surface area contributed by atoms with E-state index in [4.69, 9.17) is 0 Å². The van der Waals surface area contributed by atoms with E-state index in [-0.39, 0.29) is 23.8 Å². The molecule has 36 heavy (non-hydrogen) atoms. The van der Waals surface area contributed by atoms with Gasteiger partial charge in [-0.3, -0.25) is 19.5 Å². The van der Waals surface area contributed by atoms with E-state index in [0.717, 1.165) is 12.0 Å². The van der Waals surface area contributed by atoms with E-state index in [9.17, 15) is 19.5 Å². The molecule has 10 nitrogen and oxygen atoms in total. The third-order valence-corrected chi connectivity index (χ3v) is 6.08. The fourth-order valence-corrected chi connectivity index (χ4v) is 4.00. The number of carbonyl (C=O) groups excluding carboxylic acids is 3. The van der Waals surface area contributed by atoms with Gasteiger partial charge in [0.05, 0.1) is 5.52 Å². The number of pyridine rings is 1. The average molecular weight is 489 g/mol. The number of H-pyrrole nitrogens is 1. The first kappa shape index (κ1) is 24.9. The fourth-order valence-electron chi connectivity index (χ4n) is 4.00. The van der Waals surface area contributed by atoms with Crippen LogP contribution < -0.4 is 5.32 Å². The van der Waals surface area contributed by atoms with Crippen molar-refractivity contribution in [1.82, 2.24) is 25.0 Å². The second-order valence-corrected chi connectivity index (χ2v) is 8.92. The molecule has 0 bridgehead atoms. The van der Waals surface area contributed by atoms with Gasteiger partial charge in [-0.2, -0.15) is 5.10 Å². The number of hydrogen-bond donors (Lipinski definition) is 3. The number of hydrogen-bond acceptors (Lipinski definition) is 6. The molecule has 1 atom stereocenters. The van der Waals surface area contributed by atoms with Crippen LogP contribution in [0.5, 0.6) is 0 Å². The van der Waals surface area contributed by atoms with Gasteiger partial charge in [0, 0.05) is 57.2 Å². The normalized spacial score (nSPS) is 17.1. The second-order valence-electron chi connectivity index (χ2n) is 8.92. The molecule has 1 fully saturated rings. The molecule has 0 unspecified atom stereocenters. The van der Waals surface area contributed by atoms with E-state index in [0.29, 0.717) is 36.0 Å². The topological polar surface area (TPSA) is 132 Å². The zero-order valence-electron chi connectivity index (χ0n) is 20.5. The molecule has 1 aromatic carbocycles. The van der Waals surface area contributed by atoms with Crippen molar-refractivity contribution in [1.29, 1.82) is 0 Å². The van der Waals surface area contributed by atoms with Crippen LogP contribution in [-0.2, 0) is 16.1 Å². The van der Waals surface area contributed by atoms with Gasteiger partial charge in [-0.05, 0) is 36.2 Å². The smallest absolute Gasteiger partial charge is 0.277 e. The Labute approximate surface area is 208 Å². The molecule has 1 aliphatic heterocycles. The lowest BCUT2D eigenvalue weighted by Gasteiger charge is -2.17. The summed E-state index contributed by atoms with van der Waals surface area (Å²) < 4.78 is 0. The first-order valence-corrected chi connectivity index (χ1v) is 11.7. The van der Waals surface area contributed by atoms with Crippen LogP contribution in [0.1, 0.15) is 47.8 Å². The summed E-state index contributed by atoms with van der Waals surface area (Å²) in [4.78, 5) is 44.5. The first-order valence-electron chi connectivity index (χ1n) is 11.7. The maximum Gasteiger partial charge on any atom is 0.277 e. The molecular weight excluding hydrogens is 460 g/mol. The zero-order chi connectivity index (χ0) is 25.9. The van der Waals surface area contributed by atoms with Crippen molar-refractivity contribution in [3.8, 4) is 11.8 Å². The molecule has 0 saturated carbocycles. The molecule has 4 rings (SSSR count). The maximum absolute atomic E-state index is 13.0. The third-order valence-electron chi connectivity index (χ3n) is 6.08. The number of benzene rings is 1. The summed E-state index contributed by atoms with van der Waals surface area (Å²) in [7, 11) is 3.38. The molecule has 0 aliphatic carbocycles. The minimum Gasteiger partial charge on any atom is -0.369 e. The summed E-state index contributed by atoms with van der Waals surface area (Å²) in [6.45, 7) is 2.82. The van der Waals surface area contributed by atoms with Crippen molar-refractivity contribution < 1.29 is 19.5 Å². The summed E-state index contributed by atoms with van der Waals surface area (Å²) in [5, 5.41) is 20.9. The van der Waals surface area contributed by atoms with Crippen LogP contribution in [0, 0.1) is 11.8 Å². The number of fused-ring (bicyclic) bond motifs is 1. The molecule has 0 spiro atoms. The number of likely N-dealkylation sites (tertiary alicyclic amines) is 1. The Kier molecular flexibility index (Phi) is 7.03. The summed E-state index contributed by atoms with van der Waals surface area (Å²) >= 11 is 0. The maximum atomic E-state index is 13.0. The van der Waals surface area contributed by atoms with Crippen LogP contribution in [0.3, 0.4) is 0 Å². The first-order chi connectivity index (χ1) is 17.2. The van der Waals surface area contributed by atoms with E-state index in [1.54, 1.807) is 31.1 Å². The van der Waals surface area contributed by atoms with E-state index < -0.39 is 17.4 Å². The predicted molar refractivity (Wildman–Crippen MR) is 134 cm³/mol. The van der Waals surface area contributed by atoms with Gasteiger partial charge in [0.15, 0.2) is 5.69 Å². The lowest BCUT2D eigenvalue weighted by molar-refractivity contribution is -0.137. The Hall–Kier alpha value is -4.23. The number of carbonyl (C=O) groups is 3. The van der Waals surface area contributed by atoms with Gasteiger partial charge in [0.2, 0.25) is 11.5 Å². The quantitative estimate of drug-likeness (QED) is 0.454. The molecule has 3 N–H and O–H groups in total. The standard InChI is InChI=1S/C26H28N6O4/c1-4-5-22(33)32(3)16-18-6-7-20-19(14-18)23(30-29-20)24(34)28-21-15-17(9-12-27-21)8-10-26(36)11-13-31(2)25(26)35/h6-7,9,12,14-15,36H,4-5,11,13,16H2,1-3H3,(H,29,30)(H,27,28,34)/t26-/m0/s1. The number of anilines is 1. The van der Waals surface area contributed by atoms with Gasteiger partial charge in [0.1, 0.15) is 5.82 Å². The van der Waals surface area contributed by atoms with Crippen molar-refractivity contribution in [3.05, 3.63) is 53.3 Å². The van der Waals surface area contributed by atoms with Crippen LogP contribution in [-0.4, -0.2) is 74.1 Å². The molecule has 0 radical (unpaired) electrons. The minimum absolute atomic E-state index is 0.0632. The van der Waals surface area contributed by atoms with E-state index in [2.05, 4.69) is 32.3 Å². The van der Waals surface area contributed by atoms with Crippen molar-refractivity contribution in [3.63, 3.8) is 0 Å². The highest BCUT2D eigenvalue weighted by molar-refractivity contribution is 6.10. The number of rotatable bonds is 6. The average Bonchev–Trinajstić information content (AvgIpc) is 3.39. The van der Waals surface area contributed by atoms with Gasteiger partial charge < -0.3 is 20.2 Å². The van der Waals surface area contributed by atoms with Crippen molar-refractivity contribution in [2.24, 2.45) is 0 Å². The highest BCUT2D eigenvalue weighted by Crippen LogP contribution is 2.22. The van der Waals surface area contributed by atoms with Crippen LogP contribution >= 0.6 is 0 Å². The molecule has 1 aliphatic rings. The number of nitrogens with zero attached hydrogens (tertiary/aromatic N) is 4. The Balaban J connectivity index is 1.50. The Bertz CT molecular complexity index is 1390. The van der Waals surface area contributed by atoms with E-state index in [1.165, 1.54) is 11.1 Å². The lowest BCUT2D eigenvalue weighted by atomic mass is 10.0. The molecule has 186 valence electrons. The van der Waals surface area contributed by atoms with Gasteiger partial charge in [-0.25, -0.2) is 4.98 Å². The molecule has 3 heterocycles. The van der Waals surface area contributed by atoms with Gasteiger partial charge in [0.25, 0.3) is 11.8 Å². The van der Waals surface area contributed by atoms with Crippen LogP contribution in [0.4, 0.5) is 5.82 Å². The summed E-state index contributed by atoms with van der Waals surface area (Å²) in [5.41, 5.74) is 0.554. The van der Waals surface area contributed by atoms with Gasteiger partial charge in [-0.15, -0.1) is 0 Å². The summed E-state index contributed by atoms with van der Waals surface area (Å²) in [6, 6.07) is 8.75. The Morgan fingerprint density at radius 1 is 1.31 bits per heavy atom. The van der Waals surface area contributed by atoms with Crippen LogP contribution in [0.25, 0.3) is 10.9 Å². The second kappa shape index (κ2) is 10.2. The molecule has 2 aromatic heterocycles. The summed E-state index contributed by atoms with van der Waals surface area (Å²) in [5.74, 6) is 4.89. The predicted octanol–water partition coefficient (Wildman–Crippen LogP) is 1.91. The Morgan fingerprint density at radius 3 is 2.83 bits per heavy atom. The molecule has 3 amide bonds. The van der Waals surface area contributed by atoms with Gasteiger partial charge in [-0.1, -0.05) is 24.8 Å². The number of nitrogens with one attached hydrogen (secondary N) is 2. The highest BCUT2D eigenvalue weighted by atomic mass is 16.3. The van der Waals surface area contributed by atoms with E-state index in [1.807, 2.05) is 25.1 Å². The summed E-state index contributed by atoms with van der Waals surface area (Å²) in [6.07, 6.45) is 2.99. The number of aliphatic hydroxyl groups is 1. The monoisotopic (exact) mass is 488 g/mol. The largest absolute Gasteiger partial charge is 0.369 e. The Morgan fingerprint density at radius 2 is 2.11 bits per heavy atom. The van der Waals surface area contributed by atoms with Crippen molar-refractivity contribution in [2.75, 3.05) is 26.0 Å². The molecule has 1 saturated heterocycles. The highest BCUT2D eigenvalue weighted by Gasteiger charge is 2.42. The molecule has 10 heteroatoms. The SMILES string of the molecule is CCCC(=O)N(C)Cc1ccc2[nH]nc(C(=O)Nc3cc(C#C[C@]4(O)CCN(C)C4=O)ccn3)c2c1. The fraction of sp³-hybridized carbons (Fsp3) is 0.346. The number of aromatic nitrogens is 3. The van der Waals surface area contributed by atoms with Crippen molar-refractivity contribution in [2.45, 2.75) is 38.3 Å². The third kappa shape index (κ3) is 5.21. The van der Waals surface area contributed by atoms with Crippen LogP contribution in [0.2, 0.25) is 0 Å². The number of amides is 3. The molecular formula is C26H28N6O4. The van der Waals surface area contributed by atoms with E-state index >= 15 is 0 Å². The van der Waals surface area contributed by atoms with Crippen LogP contribution in [0.15, 0.2) is 36.5 Å².